The van der Waals surface area contributed by atoms with Crippen LogP contribution in [0.4, 0.5) is 11.4 Å². The fourth-order valence-corrected chi connectivity index (χ4v) is 3.97. The van der Waals surface area contributed by atoms with E-state index >= 15 is 0 Å². The second-order valence-electron chi connectivity index (χ2n) is 5.02. The Morgan fingerprint density at radius 1 is 1.48 bits per heavy atom. The molecule has 0 bridgehead atoms. The fourth-order valence-electron chi connectivity index (χ4n) is 2.31. The van der Waals surface area contributed by atoms with Crippen LogP contribution in [0.5, 0.6) is 0 Å². The number of rotatable bonds is 5. The molecule has 1 aromatic carbocycles. The van der Waals surface area contributed by atoms with Crippen LogP contribution in [0.25, 0.3) is 0 Å². The Morgan fingerprint density at radius 2 is 2.24 bits per heavy atom. The van der Waals surface area contributed by atoms with E-state index in [1.165, 1.54) is 12.1 Å². The van der Waals surface area contributed by atoms with E-state index in [4.69, 9.17) is 11.6 Å². The minimum atomic E-state index is -3.55. The van der Waals surface area contributed by atoms with Crippen LogP contribution in [0.2, 0.25) is 5.02 Å². The zero-order valence-electron chi connectivity index (χ0n) is 11.2. The third kappa shape index (κ3) is 4.55. The van der Waals surface area contributed by atoms with Gasteiger partial charge in [-0.2, -0.15) is 0 Å². The zero-order chi connectivity index (χ0) is 15.5. The number of hydrogen-bond acceptors (Lipinski definition) is 5. The van der Waals surface area contributed by atoms with Gasteiger partial charge in [-0.1, -0.05) is 11.6 Å². The van der Waals surface area contributed by atoms with Crippen molar-refractivity contribution in [2.75, 3.05) is 23.6 Å². The first kappa shape index (κ1) is 16.0. The third-order valence-electron chi connectivity index (χ3n) is 3.27. The van der Waals surface area contributed by atoms with Crippen molar-refractivity contribution in [3.05, 3.63) is 33.3 Å². The van der Waals surface area contributed by atoms with Crippen LogP contribution < -0.4 is 10.0 Å². The van der Waals surface area contributed by atoms with Gasteiger partial charge in [0, 0.05) is 6.07 Å². The summed E-state index contributed by atoms with van der Waals surface area (Å²) < 4.78 is 26.6. The molecule has 1 aliphatic rings. The average molecular weight is 334 g/mol. The van der Waals surface area contributed by atoms with Gasteiger partial charge in [-0.25, -0.2) is 8.42 Å². The van der Waals surface area contributed by atoms with E-state index in [0.717, 1.165) is 25.5 Å². The molecule has 0 amide bonds. The van der Waals surface area contributed by atoms with Gasteiger partial charge in [-0.15, -0.1) is 0 Å². The summed E-state index contributed by atoms with van der Waals surface area (Å²) in [4.78, 5) is 10.1. The van der Waals surface area contributed by atoms with Crippen LogP contribution >= 0.6 is 11.6 Å². The minimum absolute atomic E-state index is 0.00355. The smallest absolute Gasteiger partial charge is 0.289 e. The molecule has 0 saturated carbocycles. The molecule has 1 atom stereocenters. The van der Waals surface area contributed by atoms with E-state index in [1.54, 1.807) is 0 Å². The zero-order valence-corrected chi connectivity index (χ0v) is 12.8. The Morgan fingerprint density at radius 3 is 2.86 bits per heavy atom. The van der Waals surface area contributed by atoms with Crippen LogP contribution in [-0.4, -0.2) is 32.2 Å². The highest BCUT2D eigenvalue weighted by atomic mass is 35.5. The van der Waals surface area contributed by atoms with Crippen molar-refractivity contribution in [3.63, 3.8) is 0 Å². The van der Waals surface area contributed by atoms with Crippen molar-refractivity contribution in [2.45, 2.75) is 12.8 Å². The largest absolute Gasteiger partial charge is 0.316 e. The summed E-state index contributed by atoms with van der Waals surface area (Å²) in [6, 6.07) is 3.84. The second kappa shape index (κ2) is 6.59. The highest BCUT2D eigenvalue weighted by molar-refractivity contribution is 7.92. The topological polar surface area (TPSA) is 101 Å². The Hall–Kier alpha value is -1.38. The number of anilines is 1. The molecule has 1 saturated heterocycles. The van der Waals surface area contributed by atoms with E-state index in [2.05, 4.69) is 10.0 Å². The minimum Gasteiger partial charge on any atom is -0.316 e. The maximum atomic E-state index is 12.1. The molecule has 2 rings (SSSR count). The summed E-state index contributed by atoms with van der Waals surface area (Å²) >= 11 is 5.69. The Kier molecular flexibility index (Phi) is 5.02. The number of nitro groups is 1. The van der Waals surface area contributed by atoms with Crippen molar-refractivity contribution in [3.8, 4) is 0 Å². The molecule has 0 aliphatic carbocycles. The number of nitrogens with zero attached hydrogens (tertiary/aromatic N) is 1. The highest BCUT2D eigenvalue weighted by Gasteiger charge is 2.22. The van der Waals surface area contributed by atoms with Gasteiger partial charge in [0.15, 0.2) is 0 Å². The quantitative estimate of drug-likeness (QED) is 0.633. The first-order chi connectivity index (χ1) is 9.87. The molecular formula is C12H16ClN3O4S. The lowest BCUT2D eigenvalue weighted by atomic mass is 10.0. The number of halogens is 1. The molecule has 7 nitrogen and oxygen atoms in total. The number of piperidine rings is 1. The molecule has 1 heterocycles. The Labute approximate surface area is 127 Å². The fraction of sp³-hybridized carbons (Fsp3) is 0.500. The van der Waals surface area contributed by atoms with Gasteiger partial charge in [0.05, 0.1) is 16.4 Å². The van der Waals surface area contributed by atoms with Crippen molar-refractivity contribution >= 4 is 33.0 Å². The lowest BCUT2D eigenvalue weighted by Gasteiger charge is -2.22. The number of nitro benzene ring substituents is 1. The van der Waals surface area contributed by atoms with E-state index in [-0.39, 0.29) is 28.1 Å². The molecule has 1 fully saturated rings. The monoisotopic (exact) mass is 333 g/mol. The van der Waals surface area contributed by atoms with Crippen LogP contribution in [0.3, 0.4) is 0 Å². The first-order valence-electron chi connectivity index (χ1n) is 6.52. The van der Waals surface area contributed by atoms with Crippen LogP contribution in [-0.2, 0) is 10.0 Å². The molecule has 9 heteroatoms. The van der Waals surface area contributed by atoms with Crippen LogP contribution in [0.1, 0.15) is 12.8 Å². The molecule has 1 aromatic rings. The van der Waals surface area contributed by atoms with Gasteiger partial charge < -0.3 is 5.32 Å². The normalized spacial score (nSPS) is 19.2. The molecular weight excluding hydrogens is 318 g/mol. The maximum absolute atomic E-state index is 12.1. The number of sulfonamides is 1. The van der Waals surface area contributed by atoms with Gasteiger partial charge in [-0.05, 0) is 44.0 Å². The van der Waals surface area contributed by atoms with Gasteiger partial charge in [0.25, 0.3) is 5.69 Å². The second-order valence-corrected chi connectivity index (χ2v) is 7.19. The number of nitrogens with one attached hydrogen (secondary N) is 2. The van der Waals surface area contributed by atoms with E-state index in [0.29, 0.717) is 6.54 Å². The maximum Gasteiger partial charge on any atom is 0.289 e. The SMILES string of the molecule is O=[N+]([O-])c1cc(NS(=O)(=O)CC2CCCNC2)ccc1Cl. The summed E-state index contributed by atoms with van der Waals surface area (Å²) in [7, 11) is -3.55. The number of hydrogen-bond donors (Lipinski definition) is 2. The first-order valence-corrected chi connectivity index (χ1v) is 8.55. The van der Waals surface area contributed by atoms with Crippen molar-refractivity contribution in [2.24, 2.45) is 5.92 Å². The van der Waals surface area contributed by atoms with Gasteiger partial charge in [0.2, 0.25) is 10.0 Å². The van der Waals surface area contributed by atoms with Crippen LogP contribution in [0, 0.1) is 16.0 Å². The standard InChI is InChI=1S/C12H16ClN3O4S/c13-11-4-3-10(6-12(11)16(17)18)15-21(19,20)8-9-2-1-5-14-7-9/h3-4,6,9,14-15H,1-2,5,7-8H2. The Balaban J connectivity index is 2.09. The van der Waals surface area contributed by atoms with Crippen molar-refractivity contribution in [1.29, 1.82) is 0 Å². The molecule has 1 aliphatic heterocycles. The van der Waals surface area contributed by atoms with E-state index in [9.17, 15) is 18.5 Å². The van der Waals surface area contributed by atoms with Crippen LogP contribution in [0.15, 0.2) is 18.2 Å². The summed E-state index contributed by atoms with van der Waals surface area (Å²) in [6.07, 6.45) is 1.81. The summed E-state index contributed by atoms with van der Waals surface area (Å²) in [6.45, 7) is 1.58. The lowest BCUT2D eigenvalue weighted by Crippen LogP contribution is -2.35. The lowest BCUT2D eigenvalue weighted by molar-refractivity contribution is -0.384. The van der Waals surface area contributed by atoms with E-state index in [1.807, 2.05) is 0 Å². The summed E-state index contributed by atoms with van der Waals surface area (Å²) in [5.74, 6) is 0.0507. The molecule has 2 N–H and O–H groups in total. The molecule has 0 spiro atoms. The van der Waals surface area contributed by atoms with Gasteiger partial charge >= 0.3 is 0 Å². The van der Waals surface area contributed by atoms with Gasteiger partial charge in [-0.3, -0.25) is 14.8 Å². The molecule has 21 heavy (non-hydrogen) atoms. The molecule has 0 radical (unpaired) electrons. The molecule has 1 unspecified atom stereocenters. The van der Waals surface area contributed by atoms with Gasteiger partial charge in [0.1, 0.15) is 5.02 Å². The van der Waals surface area contributed by atoms with Crippen molar-refractivity contribution in [1.82, 2.24) is 5.32 Å². The van der Waals surface area contributed by atoms with Crippen molar-refractivity contribution < 1.29 is 13.3 Å². The Bertz CT molecular complexity index is 629. The predicted molar refractivity (Wildman–Crippen MR) is 81.1 cm³/mol. The predicted octanol–water partition coefficient (Wildman–Crippen LogP) is 1.99. The third-order valence-corrected chi connectivity index (χ3v) is 5.05. The molecule has 0 aromatic heterocycles. The molecule has 116 valence electrons. The summed E-state index contributed by atoms with van der Waals surface area (Å²) in [5, 5.41) is 13.9. The highest BCUT2D eigenvalue weighted by Crippen LogP contribution is 2.28. The average Bonchev–Trinajstić information content (AvgIpc) is 2.41. The number of benzene rings is 1. The van der Waals surface area contributed by atoms with E-state index < -0.39 is 14.9 Å². The summed E-state index contributed by atoms with van der Waals surface area (Å²) in [5.41, 5.74) is -0.175.